The van der Waals surface area contributed by atoms with E-state index in [9.17, 15) is 0 Å². The first-order valence-corrected chi connectivity index (χ1v) is 18.4. The van der Waals surface area contributed by atoms with Gasteiger partial charge in [0.05, 0.1) is 0 Å². The Morgan fingerprint density at radius 1 is 1.06 bits per heavy atom. The number of hydrogen-bond donors (Lipinski definition) is 0. The topological polar surface area (TPSA) is 17.3 Å². The molecule has 0 N–H and O–H groups in total. The molecule has 1 heterocycles. The van der Waals surface area contributed by atoms with Crippen LogP contribution in [-0.2, 0) is 17.0 Å². The molecule has 4 rings (SSSR count). The number of halogens is 2. The second-order valence-corrected chi connectivity index (χ2v) is 16.9. The Morgan fingerprint density at radius 3 is 2.23 bits per heavy atom. The van der Waals surface area contributed by atoms with Gasteiger partial charge in [0.2, 0.25) is 0 Å². The van der Waals surface area contributed by atoms with Crippen LogP contribution in [0.25, 0.3) is 10.9 Å². The molecule has 172 valence electrons. The molecule has 1 saturated carbocycles. The van der Waals surface area contributed by atoms with Gasteiger partial charge in [-0.25, -0.2) is 0 Å². The van der Waals surface area contributed by atoms with Gasteiger partial charge in [-0.2, -0.15) is 0 Å². The van der Waals surface area contributed by atoms with Crippen LogP contribution >= 0.6 is 18.6 Å². The van der Waals surface area contributed by atoms with Gasteiger partial charge >= 0.3 is 35.6 Å². The SMILES string of the molecule is Cc1cc(C)cc(C2=CC=CC3C2CC(C)C3[Si](C)(C)N2CC[N-]CC2)c1.[CH3-].[Cl][Ti][Cl]. The van der Waals surface area contributed by atoms with E-state index < -0.39 is 25.3 Å². The van der Waals surface area contributed by atoms with E-state index in [2.05, 4.69) is 80.2 Å². The molecule has 31 heavy (non-hydrogen) atoms. The zero-order valence-corrected chi connectivity index (χ0v) is 24.0. The van der Waals surface area contributed by atoms with Gasteiger partial charge in [0.1, 0.15) is 8.24 Å². The summed E-state index contributed by atoms with van der Waals surface area (Å²) in [6.07, 6.45) is 8.65. The van der Waals surface area contributed by atoms with Crippen molar-refractivity contribution >= 4 is 32.4 Å². The van der Waals surface area contributed by atoms with Crippen LogP contribution in [0.3, 0.4) is 0 Å². The number of hydrogen-bond acceptors (Lipinski definition) is 1. The predicted octanol–water partition coefficient (Wildman–Crippen LogP) is 7.62. The van der Waals surface area contributed by atoms with Crippen molar-refractivity contribution < 1.29 is 17.0 Å². The predicted molar refractivity (Wildman–Crippen MR) is 138 cm³/mol. The zero-order valence-electron chi connectivity index (χ0n) is 20.0. The summed E-state index contributed by atoms with van der Waals surface area (Å²) in [5, 5.41) is 4.59. The third-order valence-electron chi connectivity index (χ3n) is 7.37. The Balaban J connectivity index is 0.000000808. The van der Waals surface area contributed by atoms with Crippen LogP contribution in [0.15, 0.2) is 36.4 Å². The third kappa shape index (κ3) is 6.18. The normalized spacial score (nSPS) is 28.0. The van der Waals surface area contributed by atoms with Crippen molar-refractivity contribution in [1.82, 2.24) is 4.57 Å². The first-order valence-electron chi connectivity index (χ1n) is 11.1. The van der Waals surface area contributed by atoms with Crippen LogP contribution in [0, 0.1) is 39.0 Å². The van der Waals surface area contributed by atoms with E-state index in [1.165, 1.54) is 36.2 Å². The molecule has 2 aliphatic carbocycles. The standard InChI is InChI=1S/C24H35N2Si.CH3.2ClH.Ti/c1-17-13-18(2)15-20(14-17)21-7-6-8-22-23(21)16-19(3)24(22)27(4,5)26-11-9-25-10-12-26;;;;/h6-8,13-15,19,22-24H,9-12,16H2,1-5H3;1H3;2*1H;/q2*-1;;;+2/p-2. The Hall–Kier alpha value is 0.131. The van der Waals surface area contributed by atoms with Crippen LogP contribution in [0.1, 0.15) is 30.0 Å². The number of aryl methyl sites for hydroxylation is 2. The Bertz CT molecular complexity index is 769. The van der Waals surface area contributed by atoms with Crippen molar-refractivity contribution in [2.75, 3.05) is 26.2 Å². The fourth-order valence-electron chi connectivity index (χ4n) is 6.35. The molecule has 4 atom stereocenters. The number of rotatable bonds is 3. The summed E-state index contributed by atoms with van der Waals surface area (Å²) in [5.74, 6) is 2.20. The van der Waals surface area contributed by atoms with E-state index in [-0.39, 0.29) is 7.43 Å². The summed E-state index contributed by atoms with van der Waals surface area (Å²) in [5.41, 5.74) is 6.64. The molecule has 1 saturated heterocycles. The number of piperazine rings is 1. The van der Waals surface area contributed by atoms with Crippen molar-refractivity contribution in [2.24, 2.45) is 17.8 Å². The Kier molecular flexibility index (Phi) is 10.6. The number of benzene rings is 1. The van der Waals surface area contributed by atoms with E-state index in [0.29, 0.717) is 11.8 Å². The number of nitrogens with zero attached hydrogens (tertiary/aromatic N) is 2. The van der Waals surface area contributed by atoms with E-state index >= 15 is 0 Å². The van der Waals surface area contributed by atoms with Crippen LogP contribution in [0.5, 0.6) is 0 Å². The van der Waals surface area contributed by atoms with Gasteiger partial charge in [-0.3, -0.25) is 0 Å². The molecular formula is C25H38Cl2N2SiTi-2. The Labute approximate surface area is 208 Å². The van der Waals surface area contributed by atoms with E-state index in [1.54, 1.807) is 5.57 Å². The molecule has 0 radical (unpaired) electrons. The summed E-state index contributed by atoms with van der Waals surface area (Å²) in [6, 6.07) is 7.07. The molecule has 0 aromatic heterocycles. The molecule has 0 amide bonds. The van der Waals surface area contributed by atoms with Gasteiger partial charge in [0.25, 0.3) is 0 Å². The molecule has 1 aromatic carbocycles. The minimum atomic E-state index is -1.50. The van der Waals surface area contributed by atoms with Crippen molar-refractivity contribution in [3.63, 3.8) is 0 Å². The maximum absolute atomic E-state index is 4.89. The molecule has 6 heteroatoms. The molecule has 4 unspecified atom stereocenters. The Morgan fingerprint density at radius 2 is 1.65 bits per heavy atom. The van der Waals surface area contributed by atoms with Crippen molar-refractivity contribution in [2.45, 2.75) is 45.8 Å². The van der Waals surface area contributed by atoms with E-state index in [1.807, 2.05) is 0 Å². The monoisotopic (exact) mass is 512 g/mol. The van der Waals surface area contributed by atoms with Gasteiger partial charge in [0, 0.05) is 0 Å². The summed E-state index contributed by atoms with van der Waals surface area (Å²) in [6.45, 7) is 16.7. The second-order valence-electron chi connectivity index (χ2n) is 9.69. The third-order valence-corrected chi connectivity index (χ3v) is 12.0. The fraction of sp³-hybridized carbons (Fsp3) is 0.560. The molecule has 0 spiro atoms. The van der Waals surface area contributed by atoms with Gasteiger partial charge in [-0.15, -0.1) is 13.1 Å². The molecule has 2 nitrogen and oxygen atoms in total. The summed E-state index contributed by atoms with van der Waals surface area (Å²) < 4.78 is 2.85. The van der Waals surface area contributed by atoms with Crippen molar-refractivity contribution in [1.29, 1.82) is 0 Å². The number of allylic oxidation sites excluding steroid dienone is 4. The van der Waals surface area contributed by atoms with Crippen molar-refractivity contribution in [3.8, 4) is 0 Å². The molecule has 0 bridgehead atoms. The van der Waals surface area contributed by atoms with E-state index in [4.69, 9.17) is 18.6 Å². The summed E-state index contributed by atoms with van der Waals surface area (Å²) >= 11 is -0.556. The maximum atomic E-state index is 4.89. The van der Waals surface area contributed by atoms with Crippen LogP contribution < -0.4 is 0 Å². The van der Waals surface area contributed by atoms with Gasteiger partial charge in [-0.1, -0.05) is 67.6 Å². The van der Waals surface area contributed by atoms with Gasteiger partial charge in [0.15, 0.2) is 0 Å². The molecule has 1 aromatic rings. The van der Waals surface area contributed by atoms with Gasteiger partial charge < -0.3 is 17.3 Å². The zero-order chi connectivity index (χ0) is 21.9. The average molecular weight is 513 g/mol. The van der Waals surface area contributed by atoms with Crippen LogP contribution in [0.4, 0.5) is 0 Å². The first kappa shape index (κ1) is 27.4. The molecule has 1 aliphatic heterocycles. The molecular weight excluding hydrogens is 475 g/mol. The fourth-order valence-corrected chi connectivity index (χ4v) is 10.9. The van der Waals surface area contributed by atoms with Gasteiger partial charge in [-0.05, 0) is 67.8 Å². The molecule has 2 fully saturated rings. The molecule has 3 aliphatic rings. The van der Waals surface area contributed by atoms with Crippen LogP contribution in [0.2, 0.25) is 18.6 Å². The second kappa shape index (κ2) is 12.0. The summed E-state index contributed by atoms with van der Waals surface area (Å²) in [7, 11) is 8.28. The minimum absolute atomic E-state index is 0. The van der Waals surface area contributed by atoms with Crippen LogP contribution in [-0.4, -0.2) is 39.0 Å². The van der Waals surface area contributed by atoms with Crippen molar-refractivity contribution in [3.05, 3.63) is 65.9 Å². The summed E-state index contributed by atoms with van der Waals surface area (Å²) in [4.78, 5) is 0. The quantitative estimate of drug-likeness (QED) is 0.300. The average Bonchev–Trinajstić information content (AvgIpc) is 3.05. The van der Waals surface area contributed by atoms with E-state index in [0.717, 1.165) is 24.5 Å². The number of fused-ring (bicyclic) bond motifs is 1. The first-order chi connectivity index (χ1) is 14.3.